The molecule has 1 aliphatic heterocycles. The molecule has 1 saturated heterocycles. The maximum atomic E-state index is 11.7. The first-order valence-electron chi connectivity index (χ1n) is 6.08. The van der Waals surface area contributed by atoms with Gasteiger partial charge in [0.2, 0.25) is 0 Å². The number of nitro groups is 1. The van der Waals surface area contributed by atoms with Gasteiger partial charge in [-0.05, 0) is 25.0 Å². The summed E-state index contributed by atoms with van der Waals surface area (Å²) in [5.74, 6) is 0.175. The zero-order valence-electron chi connectivity index (χ0n) is 10.6. The van der Waals surface area contributed by atoms with Crippen LogP contribution >= 0.6 is 0 Å². The van der Waals surface area contributed by atoms with Gasteiger partial charge in [0, 0.05) is 12.6 Å². The highest BCUT2D eigenvalue weighted by Crippen LogP contribution is 2.27. The Bertz CT molecular complexity index is 678. The predicted octanol–water partition coefficient (Wildman–Crippen LogP) is 1.46. The third-order valence-corrected chi connectivity index (χ3v) is 5.58. The van der Waals surface area contributed by atoms with Crippen LogP contribution in [0.3, 0.4) is 0 Å². The fourth-order valence-corrected chi connectivity index (χ4v) is 3.98. The third kappa shape index (κ3) is 2.88. The zero-order chi connectivity index (χ0) is 14.8. The summed E-state index contributed by atoms with van der Waals surface area (Å²) in [5.41, 5.74) is 0.200. The minimum atomic E-state index is -3.09. The van der Waals surface area contributed by atoms with E-state index in [0.29, 0.717) is 12.8 Å². The van der Waals surface area contributed by atoms with E-state index in [4.69, 9.17) is 5.26 Å². The second-order valence-electron chi connectivity index (χ2n) is 4.61. The Balaban J connectivity index is 2.18. The maximum Gasteiger partial charge on any atom is 0.293 e. The van der Waals surface area contributed by atoms with Gasteiger partial charge in [0.25, 0.3) is 5.69 Å². The van der Waals surface area contributed by atoms with E-state index < -0.39 is 20.0 Å². The maximum absolute atomic E-state index is 11.7. The SMILES string of the molecule is N#Cc1ccc(NCC2CCCS2(=O)=O)c([N+](=O)[O-])c1. The van der Waals surface area contributed by atoms with Gasteiger partial charge in [-0.1, -0.05) is 0 Å². The molecule has 1 aromatic rings. The lowest BCUT2D eigenvalue weighted by Crippen LogP contribution is -2.25. The van der Waals surface area contributed by atoms with Gasteiger partial charge in [-0.15, -0.1) is 0 Å². The first kappa shape index (κ1) is 14.3. The van der Waals surface area contributed by atoms with Gasteiger partial charge in [0.15, 0.2) is 9.84 Å². The molecule has 0 spiro atoms. The normalized spacial score (nSPS) is 20.2. The highest BCUT2D eigenvalue weighted by molar-refractivity contribution is 7.92. The molecular weight excluding hydrogens is 282 g/mol. The average Bonchev–Trinajstić information content (AvgIpc) is 2.75. The van der Waals surface area contributed by atoms with Crippen molar-refractivity contribution in [2.24, 2.45) is 0 Å². The summed E-state index contributed by atoms with van der Waals surface area (Å²) in [6, 6.07) is 5.89. The quantitative estimate of drug-likeness (QED) is 0.664. The Hall–Kier alpha value is -2.14. The van der Waals surface area contributed by atoms with Crippen LogP contribution < -0.4 is 5.32 Å². The molecule has 8 heteroatoms. The van der Waals surface area contributed by atoms with Crippen LogP contribution in [-0.2, 0) is 9.84 Å². The molecular formula is C12H13N3O4S. The van der Waals surface area contributed by atoms with Crippen LogP contribution in [0.5, 0.6) is 0 Å². The van der Waals surface area contributed by atoms with Gasteiger partial charge in [-0.3, -0.25) is 10.1 Å². The van der Waals surface area contributed by atoms with Gasteiger partial charge in [-0.25, -0.2) is 8.42 Å². The van der Waals surface area contributed by atoms with E-state index in [9.17, 15) is 18.5 Å². The first-order valence-corrected chi connectivity index (χ1v) is 7.79. The van der Waals surface area contributed by atoms with Crippen LogP contribution in [0.15, 0.2) is 18.2 Å². The topological polar surface area (TPSA) is 113 Å². The zero-order valence-corrected chi connectivity index (χ0v) is 11.4. The minimum Gasteiger partial charge on any atom is -0.378 e. The van der Waals surface area contributed by atoms with Crippen molar-refractivity contribution < 1.29 is 13.3 Å². The predicted molar refractivity (Wildman–Crippen MR) is 73.1 cm³/mol. The van der Waals surface area contributed by atoms with Crippen LogP contribution in [-0.4, -0.2) is 30.9 Å². The van der Waals surface area contributed by atoms with Gasteiger partial charge < -0.3 is 5.32 Å². The average molecular weight is 295 g/mol. The molecule has 0 saturated carbocycles. The fraction of sp³-hybridized carbons (Fsp3) is 0.417. The Labute approximate surface area is 116 Å². The number of hydrogen-bond acceptors (Lipinski definition) is 6. The van der Waals surface area contributed by atoms with E-state index in [2.05, 4.69) is 5.32 Å². The Morgan fingerprint density at radius 2 is 2.25 bits per heavy atom. The van der Waals surface area contributed by atoms with E-state index in [1.54, 1.807) is 0 Å². The van der Waals surface area contributed by atoms with Crippen molar-refractivity contribution in [2.45, 2.75) is 18.1 Å². The standard InChI is InChI=1S/C12H13N3O4S/c13-7-9-3-4-11(12(6-9)15(16)17)14-8-10-2-1-5-20(10,18)19/h3-4,6,10,14H,1-2,5,8H2. The van der Waals surface area contributed by atoms with Crippen molar-refractivity contribution in [1.29, 1.82) is 5.26 Å². The molecule has 0 amide bonds. The molecule has 106 valence electrons. The van der Waals surface area contributed by atoms with E-state index in [-0.39, 0.29) is 29.2 Å². The molecule has 1 aliphatic rings. The van der Waals surface area contributed by atoms with Crippen molar-refractivity contribution in [3.05, 3.63) is 33.9 Å². The Morgan fingerprint density at radius 1 is 1.50 bits per heavy atom. The molecule has 1 atom stereocenters. The van der Waals surface area contributed by atoms with Gasteiger partial charge in [0.1, 0.15) is 5.69 Å². The summed E-state index contributed by atoms with van der Waals surface area (Å²) in [5, 5.41) is 22.0. The lowest BCUT2D eigenvalue weighted by Gasteiger charge is -2.12. The number of sulfone groups is 1. The lowest BCUT2D eigenvalue weighted by atomic mass is 10.2. The minimum absolute atomic E-state index is 0.148. The number of rotatable bonds is 4. The molecule has 7 nitrogen and oxygen atoms in total. The monoisotopic (exact) mass is 295 g/mol. The number of nitro benzene ring substituents is 1. The Morgan fingerprint density at radius 3 is 2.80 bits per heavy atom. The van der Waals surface area contributed by atoms with Crippen molar-refractivity contribution in [2.75, 3.05) is 17.6 Å². The van der Waals surface area contributed by atoms with E-state index >= 15 is 0 Å². The summed E-state index contributed by atoms with van der Waals surface area (Å²) in [6.45, 7) is 0.148. The molecule has 20 heavy (non-hydrogen) atoms. The molecule has 0 bridgehead atoms. The van der Waals surface area contributed by atoms with Crippen LogP contribution in [0.25, 0.3) is 0 Å². The number of nitrogens with zero attached hydrogens (tertiary/aromatic N) is 2. The largest absolute Gasteiger partial charge is 0.378 e. The molecule has 1 heterocycles. The van der Waals surface area contributed by atoms with E-state index in [1.165, 1.54) is 18.2 Å². The number of anilines is 1. The fourth-order valence-electron chi connectivity index (χ4n) is 2.21. The molecule has 1 unspecified atom stereocenters. The van der Waals surface area contributed by atoms with Crippen molar-refractivity contribution in [3.8, 4) is 6.07 Å². The second-order valence-corrected chi connectivity index (χ2v) is 7.01. The number of hydrogen-bond donors (Lipinski definition) is 1. The second kappa shape index (κ2) is 5.46. The van der Waals surface area contributed by atoms with E-state index in [1.807, 2.05) is 6.07 Å². The number of nitriles is 1. The highest BCUT2D eigenvalue weighted by atomic mass is 32.2. The van der Waals surface area contributed by atoms with E-state index in [0.717, 1.165) is 0 Å². The molecule has 1 aromatic carbocycles. The molecule has 0 aromatic heterocycles. The van der Waals surface area contributed by atoms with Gasteiger partial charge in [0.05, 0.1) is 27.6 Å². The van der Waals surface area contributed by atoms with Crippen LogP contribution in [0.2, 0.25) is 0 Å². The summed E-state index contributed by atoms with van der Waals surface area (Å²) in [6.07, 6.45) is 1.20. The van der Waals surface area contributed by atoms with Crippen LogP contribution in [0.4, 0.5) is 11.4 Å². The summed E-state index contributed by atoms with van der Waals surface area (Å²) in [4.78, 5) is 10.4. The number of nitrogens with one attached hydrogen (secondary N) is 1. The molecule has 1 N–H and O–H groups in total. The molecule has 1 fully saturated rings. The highest BCUT2D eigenvalue weighted by Gasteiger charge is 2.31. The van der Waals surface area contributed by atoms with Gasteiger partial charge in [-0.2, -0.15) is 5.26 Å². The first-order chi connectivity index (χ1) is 9.44. The third-order valence-electron chi connectivity index (χ3n) is 3.31. The smallest absolute Gasteiger partial charge is 0.293 e. The van der Waals surface area contributed by atoms with Crippen molar-refractivity contribution in [1.82, 2.24) is 0 Å². The summed E-state index contributed by atoms with van der Waals surface area (Å²) >= 11 is 0. The molecule has 0 aliphatic carbocycles. The van der Waals surface area contributed by atoms with Crippen molar-refractivity contribution in [3.63, 3.8) is 0 Å². The van der Waals surface area contributed by atoms with Gasteiger partial charge >= 0.3 is 0 Å². The molecule has 0 radical (unpaired) electrons. The van der Waals surface area contributed by atoms with Crippen molar-refractivity contribution >= 4 is 21.2 Å². The Kier molecular flexibility index (Phi) is 3.90. The van der Waals surface area contributed by atoms with Crippen LogP contribution in [0.1, 0.15) is 18.4 Å². The number of benzene rings is 1. The summed E-state index contributed by atoms with van der Waals surface area (Å²) < 4.78 is 23.4. The molecule has 2 rings (SSSR count). The summed E-state index contributed by atoms with van der Waals surface area (Å²) in [7, 11) is -3.09. The van der Waals surface area contributed by atoms with Crippen LogP contribution in [0, 0.1) is 21.4 Å². The lowest BCUT2D eigenvalue weighted by molar-refractivity contribution is -0.384.